The van der Waals surface area contributed by atoms with Crippen LogP contribution in [0.1, 0.15) is 0 Å². The Labute approximate surface area is 135 Å². The van der Waals surface area contributed by atoms with E-state index in [9.17, 15) is 13.2 Å². The number of ether oxygens (including phenoxy) is 3. The number of hydrogen-bond donors (Lipinski definition) is 1. The number of carbonyl (C=O) groups excluding carboxylic acids is 1. The highest BCUT2D eigenvalue weighted by Gasteiger charge is 2.22. The van der Waals surface area contributed by atoms with Gasteiger partial charge in [0.25, 0.3) is 0 Å². The van der Waals surface area contributed by atoms with Crippen molar-refractivity contribution in [3.05, 3.63) is 18.2 Å². The van der Waals surface area contributed by atoms with Crippen molar-refractivity contribution in [3.8, 4) is 11.5 Å². The van der Waals surface area contributed by atoms with E-state index >= 15 is 0 Å². The summed E-state index contributed by atoms with van der Waals surface area (Å²) >= 11 is 0. The number of rotatable bonds is 7. The molecule has 0 unspecified atom stereocenters. The van der Waals surface area contributed by atoms with Crippen molar-refractivity contribution in [2.75, 3.05) is 47.1 Å². The van der Waals surface area contributed by atoms with Crippen LogP contribution >= 0.6 is 0 Å². The predicted octanol–water partition coefficient (Wildman–Crippen LogP) is -0.159. The van der Waals surface area contributed by atoms with Crippen LogP contribution in [-0.4, -0.2) is 66.3 Å². The van der Waals surface area contributed by atoms with Gasteiger partial charge in [0.1, 0.15) is 23.0 Å². The molecule has 2 rings (SSSR count). The molecule has 0 aliphatic carbocycles. The van der Waals surface area contributed by atoms with Gasteiger partial charge in [0.15, 0.2) is 0 Å². The van der Waals surface area contributed by atoms with Crippen molar-refractivity contribution < 1.29 is 27.4 Å². The summed E-state index contributed by atoms with van der Waals surface area (Å²) in [6, 6.07) is 4.53. The number of sulfonamides is 1. The molecule has 0 saturated carbocycles. The van der Waals surface area contributed by atoms with Gasteiger partial charge in [0.2, 0.25) is 15.9 Å². The summed E-state index contributed by atoms with van der Waals surface area (Å²) in [4.78, 5) is 13.1. The first-order chi connectivity index (χ1) is 11.0. The van der Waals surface area contributed by atoms with E-state index in [0.717, 1.165) is 0 Å². The lowest BCUT2D eigenvalue weighted by Crippen LogP contribution is -2.45. The number of amides is 1. The van der Waals surface area contributed by atoms with E-state index in [1.807, 2.05) is 0 Å². The third-order valence-electron chi connectivity index (χ3n) is 3.42. The zero-order valence-electron chi connectivity index (χ0n) is 13.1. The van der Waals surface area contributed by atoms with Gasteiger partial charge in [-0.15, -0.1) is 0 Å². The standard InChI is InChI=1S/C14H20N2O6S/c1-20-11-3-4-12(21-2)13(9-11)23(18,19)15-5-6-16-7-8-22-10-14(16)17/h3-4,9,15H,5-8,10H2,1-2H3. The van der Waals surface area contributed by atoms with Gasteiger partial charge in [0, 0.05) is 25.7 Å². The van der Waals surface area contributed by atoms with Crippen molar-refractivity contribution >= 4 is 15.9 Å². The van der Waals surface area contributed by atoms with Crippen molar-refractivity contribution in [2.45, 2.75) is 4.90 Å². The molecule has 1 aliphatic heterocycles. The summed E-state index contributed by atoms with van der Waals surface area (Å²) in [5.74, 6) is 0.490. The molecule has 0 spiro atoms. The van der Waals surface area contributed by atoms with E-state index in [2.05, 4.69) is 4.72 Å². The Morgan fingerprint density at radius 2 is 2.09 bits per heavy atom. The van der Waals surface area contributed by atoms with Crippen molar-refractivity contribution in [1.29, 1.82) is 0 Å². The Bertz CT molecular complexity index is 661. The summed E-state index contributed by atoms with van der Waals surface area (Å²) in [6.07, 6.45) is 0. The molecule has 1 amide bonds. The van der Waals surface area contributed by atoms with Crippen LogP contribution in [0.2, 0.25) is 0 Å². The molecule has 0 bridgehead atoms. The minimum atomic E-state index is -3.78. The lowest BCUT2D eigenvalue weighted by molar-refractivity contribution is -0.142. The molecule has 1 saturated heterocycles. The van der Waals surface area contributed by atoms with Crippen LogP contribution in [0.15, 0.2) is 23.1 Å². The van der Waals surface area contributed by atoms with E-state index in [4.69, 9.17) is 14.2 Å². The van der Waals surface area contributed by atoms with Crippen molar-refractivity contribution in [2.24, 2.45) is 0 Å². The van der Waals surface area contributed by atoms with Gasteiger partial charge in [0.05, 0.1) is 20.8 Å². The maximum Gasteiger partial charge on any atom is 0.248 e. The normalized spacial score (nSPS) is 15.6. The monoisotopic (exact) mass is 344 g/mol. The first-order valence-corrected chi connectivity index (χ1v) is 8.53. The first-order valence-electron chi connectivity index (χ1n) is 7.05. The maximum absolute atomic E-state index is 12.4. The molecule has 0 atom stereocenters. The maximum atomic E-state index is 12.4. The van der Waals surface area contributed by atoms with E-state index in [1.165, 1.54) is 26.4 Å². The third-order valence-corrected chi connectivity index (χ3v) is 4.90. The smallest absolute Gasteiger partial charge is 0.248 e. The topological polar surface area (TPSA) is 94.2 Å². The summed E-state index contributed by atoms with van der Waals surface area (Å²) in [5, 5.41) is 0. The lowest BCUT2D eigenvalue weighted by atomic mass is 10.3. The lowest BCUT2D eigenvalue weighted by Gasteiger charge is -2.26. The fourth-order valence-corrected chi connectivity index (χ4v) is 3.38. The minimum absolute atomic E-state index is 0.00680. The van der Waals surface area contributed by atoms with E-state index in [-0.39, 0.29) is 36.2 Å². The predicted molar refractivity (Wildman–Crippen MR) is 82.1 cm³/mol. The molecule has 1 fully saturated rings. The second kappa shape index (κ2) is 7.62. The highest BCUT2D eigenvalue weighted by atomic mass is 32.2. The van der Waals surface area contributed by atoms with Gasteiger partial charge in [-0.25, -0.2) is 13.1 Å². The van der Waals surface area contributed by atoms with E-state index in [0.29, 0.717) is 18.9 Å². The fourth-order valence-electron chi connectivity index (χ4n) is 2.17. The number of carbonyl (C=O) groups is 1. The van der Waals surface area contributed by atoms with Crippen molar-refractivity contribution in [1.82, 2.24) is 9.62 Å². The van der Waals surface area contributed by atoms with Crippen LogP contribution in [0.5, 0.6) is 11.5 Å². The number of nitrogens with zero attached hydrogens (tertiary/aromatic N) is 1. The highest BCUT2D eigenvalue weighted by Crippen LogP contribution is 2.27. The Morgan fingerprint density at radius 3 is 2.74 bits per heavy atom. The van der Waals surface area contributed by atoms with Gasteiger partial charge in [-0.2, -0.15) is 0 Å². The third kappa shape index (κ3) is 4.34. The number of hydrogen-bond acceptors (Lipinski definition) is 6. The minimum Gasteiger partial charge on any atom is -0.497 e. The molecule has 0 radical (unpaired) electrons. The largest absolute Gasteiger partial charge is 0.497 e. The zero-order valence-corrected chi connectivity index (χ0v) is 13.9. The summed E-state index contributed by atoms with van der Waals surface area (Å²) < 4.78 is 42.5. The number of methoxy groups -OCH3 is 2. The van der Waals surface area contributed by atoms with Gasteiger partial charge in [-0.05, 0) is 12.1 Å². The van der Waals surface area contributed by atoms with Gasteiger partial charge in [-0.3, -0.25) is 4.79 Å². The van der Waals surface area contributed by atoms with Gasteiger partial charge >= 0.3 is 0 Å². The zero-order chi connectivity index (χ0) is 16.9. The number of benzene rings is 1. The fraction of sp³-hybridized carbons (Fsp3) is 0.500. The van der Waals surface area contributed by atoms with Crippen LogP contribution in [0, 0.1) is 0 Å². The molecule has 1 aliphatic rings. The van der Waals surface area contributed by atoms with E-state index < -0.39 is 10.0 Å². The first kappa shape index (κ1) is 17.5. The summed E-state index contributed by atoms with van der Waals surface area (Å²) in [7, 11) is -0.928. The quantitative estimate of drug-likeness (QED) is 0.739. The van der Waals surface area contributed by atoms with Crippen LogP contribution in [0.25, 0.3) is 0 Å². The molecule has 23 heavy (non-hydrogen) atoms. The van der Waals surface area contributed by atoms with Gasteiger partial charge < -0.3 is 19.1 Å². The Balaban J connectivity index is 2.05. The Kier molecular flexibility index (Phi) is 5.80. The van der Waals surface area contributed by atoms with Crippen LogP contribution in [0.4, 0.5) is 0 Å². The molecule has 1 aromatic rings. The average Bonchev–Trinajstić information content (AvgIpc) is 2.56. The SMILES string of the molecule is COc1ccc(OC)c(S(=O)(=O)NCCN2CCOCC2=O)c1. The summed E-state index contributed by atoms with van der Waals surface area (Å²) in [5.41, 5.74) is 0. The molecule has 1 aromatic carbocycles. The molecule has 128 valence electrons. The molecular formula is C14H20N2O6S. The molecule has 9 heteroatoms. The number of nitrogens with one attached hydrogen (secondary N) is 1. The molecule has 0 aromatic heterocycles. The molecule has 1 heterocycles. The average molecular weight is 344 g/mol. The van der Waals surface area contributed by atoms with E-state index in [1.54, 1.807) is 11.0 Å². The Morgan fingerprint density at radius 1 is 1.30 bits per heavy atom. The highest BCUT2D eigenvalue weighted by molar-refractivity contribution is 7.89. The van der Waals surface area contributed by atoms with Crippen molar-refractivity contribution in [3.63, 3.8) is 0 Å². The summed E-state index contributed by atoms with van der Waals surface area (Å²) in [6.45, 7) is 1.35. The van der Waals surface area contributed by atoms with Crippen LogP contribution < -0.4 is 14.2 Å². The van der Waals surface area contributed by atoms with Crippen LogP contribution in [-0.2, 0) is 19.6 Å². The second-order valence-electron chi connectivity index (χ2n) is 4.85. The molecular weight excluding hydrogens is 324 g/mol. The van der Waals surface area contributed by atoms with Crippen LogP contribution in [0.3, 0.4) is 0 Å². The number of morpholine rings is 1. The van der Waals surface area contributed by atoms with Gasteiger partial charge in [-0.1, -0.05) is 0 Å². The molecule has 1 N–H and O–H groups in total. The molecule has 8 nitrogen and oxygen atoms in total. The Hall–Kier alpha value is -1.84. The second-order valence-corrected chi connectivity index (χ2v) is 6.58.